The lowest BCUT2D eigenvalue weighted by atomic mass is 10.1. The minimum atomic E-state index is -3.41. The predicted octanol–water partition coefficient (Wildman–Crippen LogP) is 1.52. The van der Waals surface area contributed by atoms with Crippen molar-refractivity contribution in [2.24, 2.45) is 13.0 Å². The SMILES string of the molecule is Cc1nc(S(=O)(=O)N2CCC(CCBr)C2)cn1C. The van der Waals surface area contributed by atoms with Gasteiger partial charge >= 0.3 is 0 Å². The van der Waals surface area contributed by atoms with Crippen molar-refractivity contribution in [3.8, 4) is 0 Å². The highest BCUT2D eigenvalue weighted by Gasteiger charge is 2.33. The van der Waals surface area contributed by atoms with Gasteiger partial charge in [0.15, 0.2) is 5.03 Å². The third-order valence-electron chi connectivity index (χ3n) is 3.46. The van der Waals surface area contributed by atoms with Gasteiger partial charge in [0.2, 0.25) is 0 Å². The van der Waals surface area contributed by atoms with E-state index < -0.39 is 10.0 Å². The Labute approximate surface area is 116 Å². The molecule has 1 fully saturated rings. The maximum atomic E-state index is 12.4. The van der Waals surface area contributed by atoms with Gasteiger partial charge < -0.3 is 4.57 Å². The second-order valence-electron chi connectivity index (χ2n) is 4.73. The summed E-state index contributed by atoms with van der Waals surface area (Å²) in [5.41, 5.74) is 0. The summed E-state index contributed by atoms with van der Waals surface area (Å²) in [4.78, 5) is 4.12. The monoisotopic (exact) mass is 335 g/mol. The van der Waals surface area contributed by atoms with Crippen LogP contribution < -0.4 is 0 Å². The fourth-order valence-corrected chi connectivity index (χ4v) is 4.39. The Kier molecular flexibility index (Phi) is 4.13. The van der Waals surface area contributed by atoms with Crippen LogP contribution in [0.5, 0.6) is 0 Å². The third-order valence-corrected chi connectivity index (χ3v) is 5.65. The van der Waals surface area contributed by atoms with Crippen molar-refractivity contribution < 1.29 is 8.42 Å². The van der Waals surface area contributed by atoms with Gasteiger partial charge in [-0.3, -0.25) is 0 Å². The molecule has 7 heteroatoms. The molecule has 1 unspecified atom stereocenters. The summed E-state index contributed by atoms with van der Waals surface area (Å²) in [7, 11) is -1.60. The number of rotatable bonds is 4. The van der Waals surface area contributed by atoms with Crippen LogP contribution in [0.4, 0.5) is 0 Å². The van der Waals surface area contributed by atoms with Crippen LogP contribution in [0.25, 0.3) is 0 Å². The van der Waals surface area contributed by atoms with Crippen molar-refractivity contribution in [2.45, 2.75) is 24.8 Å². The second kappa shape index (κ2) is 5.30. The quantitative estimate of drug-likeness (QED) is 0.784. The fourth-order valence-electron chi connectivity index (χ4n) is 2.19. The van der Waals surface area contributed by atoms with Gasteiger partial charge in [-0.2, -0.15) is 4.31 Å². The van der Waals surface area contributed by atoms with Crippen LogP contribution in [-0.4, -0.2) is 40.7 Å². The number of sulfonamides is 1. The standard InChI is InChI=1S/C11H18BrN3O2S/c1-9-13-11(8-14(9)2)18(16,17)15-6-4-10(7-15)3-5-12/h8,10H,3-7H2,1-2H3. The van der Waals surface area contributed by atoms with Crippen LogP contribution in [0.1, 0.15) is 18.7 Å². The molecule has 1 atom stereocenters. The van der Waals surface area contributed by atoms with Crippen molar-refractivity contribution >= 4 is 26.0 Å². The number of alkyl halides is 1. The molecule has 0 aliphatic carbocycles. The van der Waals surface area contributed by atoms with Crippen LogP contribution in [0, 0.1) is 12.8 Å². The maximum Gasteiger partial charge on any atom is 0.262 e. The average molecular weight is 336 g/mol. The first-order chi connectivity index (χ1) is 8.45. The second-order valence-corrected chi connectivity index (χ2v) is 7.41. The Hall–Kier alpha value is -0.400. The summed E-state index contributed by atoms with van der Waals surface area (Å²) in [6.45, 7) is 3.02. The molecular weight excluding hydrogens is 318 g/mol. The van der Waals surface area contributed by atoms with Crippen LogP contribution in [-0.2, 0) is 17.1 Å². The van der Waals surface area contributed by atoms with E-state index in [-0.39, 0.29) is 5.03 Å². The van der Waals surface area contributed by atoms with Crippen molar-refractivity contribution in [3.63, 3.8) is 0 Å². The molecule has 102 valence electrons. The van der Waals surface area contributed by atoms with Crippen molar-refractivity contribution in [1.29, 1.82) is 0 Å². The Morgan fingerprint density at radius 3 is 2.83 bits per heavy atom. The fraction of sp³-hybridized carbons (Fsp3) is 0.727. The van der Waals surface area contributed by atoms with E-state index in [1.54, 1.807) is 29.0 Å². The molecule has 0 saturated carbocycles. The molecule has 1 aromatic rings. The van der Waals surface area contributed by atoms with E-state index in [1.165, 1.54) is 0 Å². The van der Waals surface area contributed by atoms with E-state index in [1.807, 2.05) is 0 Å². The Morgan fingerprint density at radius 2 is 2.28 bits per heavy atom. The first-order valence-electron chi connectivity index (χ1n) is 6.01. The highest BCUT2D eigenvalue weighted by molar-refractivity contribution is 9.09. The topological polar surface area (TPSA) is 55.2 Å². The van der Waals surface area contributed by atoms with Crippen molar-refractivity contribution in [3.05, 3.63) is 12.0 Å². The summed E-state index contributed by atoms with van der Waals surface area (Å²) in [6.07, 6.45) is 3.55. The van der Waals surface area contributed by atoms with E-state index in [0.717, 1.165) is 18.2 Å². The molecule has 1 aliphatic heterocycles. The molecule has 1 aromatic heterocycles. The molecule has 0 radical (unpaired) electrons. The number of halogens is 1. The van der Waals surface area contributed by atoms with Gasteiger partial charge in [-0.15, -0.1) is 0 Å². The zero-order valence-corrected chi connectivity index (χ0v) is 13.0. The number of imidazole rings is 1. The van der Waals surface area contributed by atoms with Gasteiger partial charge in [-0.1, -0.05) is 15.9 Å². The molecule has 18 heavy (non-hydrogen) atoms. The third kappa shape index (κ3) is 2.62. The number of aromatic nitrogens is 2. The minimum absolute atomic E-state index is 0.169. The van der Waals surface area contributed by atoms with Crippen LogP contribution in [0.15, 0.2) is 11.2 Å². The number of hydrogen-bond donors (Lipinski definition) is 0. The van der Waals surface area contributed by atoms with E-state index in [2.05, 4.69) is 20.9 Å². The Bertz CT molecular complexity index is 507. The normalized spacial score (nSPS) is 21.6. The highest BCUT2D eigenvalue weighted by atomic mass is 79.9. The predicted molar refractivity (Wildman–Crippen MR) is 73.2 cm³/mol. The van der Waals surface area contributed by atoms with Gasteiger partial charge in [0, 0.05) is 31.7 Å². The van der Waals surface area contributed by atoms with Gasteiger partial charge in [0.1, 0.15) is 5.82 Å². The zero-order chi connectivity index (χ0) is 13.3. The molecule has 0 amide bonds. The van der Waals surface area contributed by atoms with Gasteiger partial charge in [-0.25, -0.2) is 13.4 Å². The lowest BCUT2D eigenvalue weighted by molar-refractivity contribution is 0.452. The number of aryl methyl sites for hydroxylation is 2. The minimum Gasteiger partial charge on any atom is -0.337 e. The van der Waals surface area contributed by atoms with E-state index in [4.69, 9.17) is 0 Å². The van der Waals surface area contributed by atoms with E-state index in [0.29, 0.717) is 24.8 Å². The van der Waals surface area contributed by atoms with Crippen LogP contribution in [0.3, 0.4) is 0 Å². The summed E-state index contributed by atoms with van der Waals surface area (Å²) in [6, 6.07) is 0. The zero-order valence-electron chi connectivity index (χ0n) is 10.6. The molecule has 2 heterocycles. The molecule has 0 aromatic carbocycles. The van der Waals surface area contributed by atoms with Gasteiger partial charge in [0.25, 0.3) is 10.0 Å². The highest BCUT2D eigenvalue weighted by Crippen LogP contribution is 2.26. The largest absolute Gasteiger partial charge is 0.337 e. The molecule has 1 aliphatic rings. The summed E-state index contributed by atoms with van der Waals surface area (Å²) in [5, 5.41) is 1.09. The van der Waals surface area contributed by atoms with Crippen molar-refractivity contribution in [2.75, 3.05) is 18.4 Å². The average Bonchev–Trinajstić information content (AvgIpc) is 2.88. The van der Waals surface area contributed by atoms with Crippen molar-refractivity contribution in [1.82, 2.24) is 13.9 Å². The molecule has 1 saturated heterocycles. The first-order valence-corrected chi connectivity index (χ1v) is 8.57. The number of hydrogen-bond acceptors (Lipinski definition) is 3. The molecule has 2 rings (SSSR count). The number of nitrogens with zero attached hydrogens (tertiary/aromatic N) is 3. The summed E-state index contributed by atoms with van der Waals surface area (Å²) >= 11 is 3.40. The molecule has 0 bridgehead atoms. The lowest BCUT2D eigenvalue weighted by Gasteiger charge is -2.14. The lowest BCUT2D eigenvalue weighted by Crippen LogP contribution is -2.29. The first kappa shape index (κ1) is 14.0. The molecule has 5 nitrogen and oxygen atoms in total. The van der Waals surface area contributed by atoms with Gasteiger partial charge in [0.05, 0.1) is 0 Å². The van der Waals surface area contributed by atoms with E-state index >= 15 is 0 Å². The summed E-state index contributed by atoms with van der Waals surface area (Å²) < 4.78 is 28.1. The summed E-state index contributed by atoms with van der Waals surface area (Å²) in [5.74, 6) is 1.17. The Morgan fingerprint density at radius 1 is 1.56 bits per heavy atom. The smallest absolute Gasteiger partial charge is 0.262 e. The van der Waals surface area contributed by atoms with E-state index in [9.17, 15) is 8.42 Å². The molecular formula is C11H18BrN3O2S. The van der Waals surface area contributed by atoms with Crippen LogP contribution >= 0.6 is 15.9 Å². The Balaban J connectivity index is 2.17. The maximum absolute atomic E-state index is 12.4. The van der Waals surface area contributed by atoms with Crippen LogP contribution in [0.2, 0.25) is 0 Å². The molecule has 0 spiro atoms. The molecule has 0 N–H and O–H groups in total. The van der Waals surface area contributed by atoms with Gasteiger partial charge in [-0.05, 0) is 25.7 Å².